The van der Waals surface area contributed by atoms with Crippen molar-refractivity contribution in [2.75, 3.05) is 13.1 Å². The number of benzene rings is 1. The number of Topliss-reactive ketones (excluding diaryl/α,β-unsaturated/α-hetero) is 1. The van der Waals surface area contributed by atoms with Gasteiger partial charge in [-0.05, 0) is 50.2 Å². The molecular formula is C23H22N2O2. The number of pyridine rings is 1. The van der Waals surface area contributed by atoms with E-state index in [0.717, 1.165) is 31.4 Å². The molecule has 4 rings (SSSR count). The molecule has 0 bridgehead atoms. The largest absolute Gasteiger partial charge is 0.316 e. The molecule has 27 heavy (non-hydrogen) atoms. The lowest BCUT2D eigenvalue weighted by atomic mass is 9.98. The maximum absolute atomic E-state index is 13.0. The molecule has 0 spiro atoms. The Hall–Kier alpha value is -2.98. The molecule has 4 heteroatoms. The summed E-state index contributed by atoms with van der Waals surface area (Å²) in [6, 6.07) is 16.6. The maximum atomic E-state index is 13.0. The van der Waals surface area contributed by atoms with E-state index in [9.17, 15) is 9.59 Å². The summed E-state index contributed by atoms with van der Waals surface area (Å²) in [6.45, 7) is 1.87. The molecule has 2 aromatic heterocycles. The van der Waals surface area contributed by atoms with Gasteiger partial charge in [-0.2, -0.15) is 0 Å². The highest BCUT2D eigenvalue weighted by molar-refractivity contribution is 6.10. The molecule has 0 unspecified atom stereocenters. The zero-order valence-electron chi connectivity index (χ0n) is 15.2. The van der Waals surface area contributed by atoms with E-state index in [1.165, 1.54) is 5.57 Å². The van der Waals surface area contributed by atoms with E-state index in [4.69, 9.17) is 0 Å². The van der Waals surface area contributed by atoms with E-state index in [1.807, 2.05) is 47.0 Å². The molecule has 1 aliphatic rings. The van der Waals surface area contributed by atoms with E-state index < -0.39 is 0 Å². The second-order valence-corrected chi connectivity index (χ2v) is 6.88. The number of aromatic nitrogens is 1. The summed E-state index contributed by atoms with van der Waals surface area (Å²) in [5.74, 6) is -0.0155. The molecule has 0 saturated heterocycles. The lowest BCUT2D eigenvalue weighted by Crippen LogP contribution is -2.14. The van der Waals surface area contributed by atoms with Crippen LogP contribution in [0.4, 0.5) is 0 Å². The second kappa shape index (κ2) is 7.72. The number of ketones is 2. The lowest BCUT2D eigenvalue weighted by Gasteiger charge is -2.10. The van der Waals surface area contributed by atoms with Crippen molar-refractivity contribution in [1.29, 1.82) is 0 Å². The van der Waals surface area contributed by atoms with Crippen LogP contribution in [-0.2, 0) is 0 Å². The van der Waals surface area contributed by atoms with E-state index in [0.29, 0.717) is 23.2 Å². The molecule has 1 aliphatic heterocycles. The monoisotopic (exact) mass is 358 g/mol. The van der Waals surface area contributed by atoms with Gasteiger partial charge in [0.15, 0.2) is 5.78 Å². The average molecular weight is 358 g/mol. The molecule has 0 amide bonds. The Bertz CT molecular complexity index is 1020. The van der Waals surface area contributed by atoms with Crippen LogP contribution in [0.1, 0.15) is 45.7 Å². The minimum atomic E-state index is -0.0793. The number of carbonyl (C=O) groups excluding carboxylic acids is 2. The van der Waals surface area contributed by atoms with Crippen LogP contribution in [-0.4, -0.2) is 29.1 Å². The van der Waals surface area contributed by atoms with Gasteiger partial charge in [-0.15, -0.1) is 0 Å². The number of nitrogens with one attached hydrogen (secondary N) is 1. The van der Waals surface area contributed by atoms with Crippen LogP contribution >= 0.6 is 0 Å². The maximum Gasteiger partial charge on any atom is 0.209 e. The van der Waals surface area contributed by atoms with E-state index >= 15 is 0 Å². The van der Waals surface area contributed by atoms with Crippen LogP contribution in [0.5, 0.6) is 0 Å². The normalized spacial score (nSPS) is 14.6. The smallest absolute Gasteiger partial charge is 0.209 e. The number of hydrogen-bond donors (Lipinski definition) is 1. The molecule has 1 aromatic carbocycles. The van der Waals surface area contributed by atoms with Crippen molar-refractivity contribution in [3.8, 4) is 0 Å². The SMILES string of the molecule is O=C(CC1=CCCNCC1)c1cc(C(=O)c2ccccc2)n2cccc2c1. The van der Waals surface area contributed by atoms with E-state index in [1.54, 1.807) is 18.2 Å². The third kappa shape index (κ3) is 3.76. The van der Waals surface area contributed by atoms with Gasteiger partial charge in [0, 0.05) is 29.3 Å². The summed E-state index contributed by atoms with van der Waals surface area (Å²) in [6.07, 6.45) is 6.30. The first-order valence-corrected chi connectivity index (χ1v) is 9.35. The number of nitrogens with zero attached hydrogens (tertiary/aromatic N) is 1. The fourth-order valence-corrected chi connectivity index (χ4v) is 3.55. The zero-order valence-corrected chi connectivity index (χ0v) is 15.2. The molecule has 136 valence electrons. The number of rotatable bonds is 5. The van der Waals surface area contributed by atoms with Crippen LogP contribution < -0.4 is 5.32 Å². The second-order valence-electron chi connectivity index (χ2n) is 6.88. The van der Waals surface area contributed by atoms with Crippen molar-refractivity contribution >= 4 is 17.1 Å². The molecule has 0 aliphatic carbocycles. The van der Waals surface area contributed by atoms with Crippen LogP contribution in [0, 0.1) is 0 Å². The third-order valence-electron chi connectivity index (χ3n) is 4.99. The van der Waals surface area contributed by atoms with Crippen molar-refractivity contribution in [2.45, 2.75) is 19.3 Å². The van der Waals surface area contributed by atoms with E-state index in [-0.39, 0.29) is 11.6 Å². The minimum absolute atomic E-state index is 0.0639. The van der Waals surface area contributed by atoms with Gasteiger partial charge in [0.1, 0.15) is 0 Å². The molecule has 4 nitrogen and oxygen atoms in total. The van der Waals surface area contributed by atoms with Crippen molar-refractivity contribution in [3.05, 3.63) is 89.3 Å². The third-order valence-corrected chi connectivity index (χ3v) is 4.99. The van der Waals surface area contributed by atoms with Gasteiger partial charge < -0.3 is 9.72 Å². The molecule has 0 radical (unpaired) electrons. The first-order chi connectivity index (χ1) is 13.2. The van der Waals surface area contributed by atoms with Gasteiger partial charge in [-0.25, -0.2) is 0 Å². The van der Waals surface area contributed by atoms with Gasteiger partial charge in [-0.3, -0.25) is 9.59 Å². The predicted molar refractivity (Wildman–Crippen MR) is 106 cm³/mol. The Morgan fingerprint density at radius 3 is 2.67 bits per heavy atom. The number of carbonyl (C=O) groups is 2. The quantitative estimate of drug-likeness (QED) is 0.553. The minimum Gasteiger partial charge on any atom is -0.316 e. The summed E-state index contributed by atoms with van der Waals surface area (Å²) in [7, 11) is 0. The Morgan fingerprint density at radius 2 is 1.81 bits per heavy atom. The molecule has 3 heterocycles. The molecule has 0 atom stereocenters. The summed E-state index contributed by atoms with van der Waals surface area (Å²) >= 11 is 0. The van der Waals surface area contributed by atoms with Crippen molar-refractivity contribution in [3.63, 3.8) is 0 Å². The van der Waals surface area contributed by atoms with Crippen LogP contribution in [0.25, 0.3) is 5.52 Å². The van der Waals surface area contributed by atoms with Crippen molar-refractivity contribution in [2.24, 2.45) is 0 Å². The summed E-state index contributed by atoms with van der Waals surface area (Å²) < 4.78 is 1.85. The van der Waals surface area contributed by atoms with Crippen LogP contribution in [0.2, 0.25) is 0 Å². The molecule has 1 N–H and O–H groups in total. The number of hydrogen-bond acceptors (Lipinski definition) is 3. The van der Waals surface area contributed by atoms with Crippen LogP contribution in [0.3, 0.4) is 0 Å². The zero-order chi connectivity index (χ0) is 18.6. The molecule has 3 aromatic rings. The standard InChI is InChI=1S/C23H22N2O2/c26-22(14-17-6-4-11-24-12-10-17)19-15-20-9-5-13-25(20)21(16-19)23(27)18-7-2-1-3-8-18/h1-3,5-9,13,15-16,24H,4,10-12,14H2. The van der Waals surface area contributed by atoms with Gasteiger partial charge in [0.25, 0.3) is 0 Å². The van der Waals surface area contributed by atoms with Crippen LogP contribution in [0.15, 0.2) is 72.4 Å². The predicted octanol–water partition coefficient (Wildman–Crippen LogP) is 4.05. The van der Waals surface area contributed by atoms with Crippen molar-refractivity contribution < 1.29 is 9.59 Å². The Morgan fingerprint density at radius 1 is 0.963 bits per heavy atom. The topological polar surface area (TPSA) is 50.6 Å². The summed E-state index contributed by atoms with van der Waals surface area (Å²) in [5.41, 5.74) is 3.77. The van der Waals surface area contributed by atoms with E-state index in [2.05, 4.69) is 11.4 Å². The summed E-state index contributed by atoms with van der Waals surface area (Å²) in [4.78, 5) is 25.9. The van der Waals surface area contributed by atoms with Gasteiger partial charge in [0.2, 0.25) is 5.78 Å². The summed E-state index contributed by atoms with van der Waals surface area (Å²) in [5, 5.41) is 3.34. The van der Waals surface area contributed by atoms with Gasteiger partial charge in [-0.1, -0.05) is 42.0 Å². The Balaban J connectivity index is 1.69. The van der Waals surface area contributed by atoms with Gasteiger partial charge >= 0.3 is 0 Å². The Labute approximate surface area is 158 Å². The Kier molecular flexibility index (Phi) is 4.99. The number of fused-ring (bicyclic) bond motifs is 1. The molecule has 0 fully saturated rings. The lowest BCUT2D eigenvalue weighted by molar-refractivity contribution is 0.0992. The highest BCUT2D eigenvalue weighted by atomic mass is 16.1. The fourth-order valence-electron chi connectivity index (χ4n) is 3.55. The molecular weight excluding hydrogens is 336 g/mol. The highest BCUT2D eigenvalue weighted by Gasteiger charge is 2.17. The fraction of sp³-hybridized carbons (Fsp3) is 0.217. The first kappa shape index (κ1) is 17.4. The first-order valence-electron chi connectivity index (χ1n) is 9.35. The van der Waals surface area contributed by atoms with Crippen molar-refractivity contribution in [1.82, 2.24) is 9.72 Å². The van der Waals surface area contributed by atoms with Gasteiger partial charge in [0.05, 0.1) is 5.69 Å². The highest BCUT2D eigenvalue weighted by Crippen LogP contribution is 2.20. The molecule has 0 saturated carbocycles. The average Bonchev–Trinajstić information content (AvgIpc) is 3.04.